The van der Waals surface area contributed by atoms with Crippen LogP contribution in [0.5, 0.6) is 0 Å². The van der Waals surface area contributed by atoms with Crippen molar-refractivity contribution in [3.63, 3.8) is 0 Å². The number of anilines is 1. The van der Waals surface area contributed by atoms with Crippen LogP contribution in [0.2, 0.25) is 0 Å². The molecule has 0 amide bonds. The average Bonchev–Trinajstić information content (AvgIpc) is 2.55. The van der Waals surface area contributed by atoms with E-state index in [1.165, 1.54) is 12.1 Å². The van der Waals surface area contributed by atoms with Gasteiger partial charge in [0, 0.05) is 5.69 Å². The molecular formula is C17H19NO4S. The van der Waals surface area contributed by atoms with E-state index < -0.39 is 16.0 Å². The van der Waals surface area contributed by atoms with E-state index in [0.29, 0.717) is 24.3 Å². The van der Waals surface area contributed by atoms with E-state index in [1.54, 1.807) is 19.1 Å². The van der Waals surface area contributed by atoms with Crippen LogP contribution in [0.25, 0.3) is 0 Å². The predicted molar refractivity (Wildman–Crippen MR) is 90.0 cm³/mol. The van der Waals surface area contributed by atoms with Gasteiger partial charge < -0.3 is 4.74 Å². The molecule has 0 aliphatic carbocycles. The average molecular weight is 333 g/mol. The summed E-state index contributed by atoms with van der Waals surface area (Å²) in [5.74, 6) is -0.428. The van der Waals surface area contributed by atoms with Gasteiger partial charge in [-0.25, -0.2) is 13.2 Å². The first-order chi connectivity index (χ1) is 11.0. The largest absolute Gasteiger partial charge is 0.462 e. The Bertz CT molecular complexity index is 740. The Morgan fingerprint density at radius 1 is 1.04 bits per heavy atom. The van der Waals surface area contributed by atoms with Gasteiger partial charge in [0.2, 0.25) is 10.0 Å². The van der Waals surface area contributed by atoms with Crippen LogP contribution in [-0.4, -0.2) is 26.7 Å². The number of benzene rings is 2. The van der Waals surface area contributed by atoms with Crippen molar-refractivity contribution in [1.82, 2.24) is 0 Å². The maximum Gasteiger partial charge on any atom is 0.338 e. The molecule has 5 nitrogen and oxygen atoms in total. The number of ether oxygens (including phenoxy) is 1. The maximum absolute atomic E-state index is 12.1. The number of carbonyl (C=O) groups excluding carboxylic acids is 1. The van der Waals surface area contributed by atoms with Crippen molar-refractivity contribution in [3.8, 4) is 0 Å². The van der Waals surface area contributed by atoms with E-state index in [-0.39, 0.29) is 5.75 Å². The van der Waals surface area contributed by atoms with Crippen molar-refractivity contribution in [2.75, 3.05) is 17.1 Å². The number of carbonyl (C=O) groups is 1. The molecule has 0 spiro atoms. The van der Waals surface area contributed by atoms with Gasteiger partial charge in [-0.3, -0.25) is 4.72 Å². The second kappa shape index (κ2) is 7.78. The lowest BCUT2D eigenvalue weighted by Crippen LogP contribution is -2.18. The minimum Gasteiger partial charge on any atom is -0.462 e. The van der Waals surface area contributed by atoms with E-state index in [2.05, 4.69) is 4.72 Å². The van der Waals surface area contributed by atoms with E-state index in [1.807, 2.05) is 30.3 Å². The van der Waals surface area contributed by atoms with Gasteiger partial charge in [-0.05, 0) is 43.2 Å². The number of aryl methyl sites for hydroxylation is 1. The van der Waals surface area contributed by atoms with Gasteiger partial charge in [-0.1, -0.05) is 30.3 Å². The molecule has 0 bridgehead atoms. The number of esters is 1. The zero-order valence-corrected chi connectivity index (χ0v) is 13.7. The molecule has 0 saturated carbocycles. The molecule has 0 heterocycles. The molecule has 2 rings (SSSR count). The highest BCUT2D eigenvalue weighted by molar-refractivity contribution is 7.92. The van der Waals surface area contributed by atoms with Crippen molar-refractivity contribution in [1.29, 1.82) is 0 Å². The van der Waals surface area contributed by atoms with Gasteiger partial charge in [0.05, 0.1) is 17.9 Å². The van der Waals surface area contributed by atoms with Crippen LogP contribution in [0.3, 0.4) is 0 Å². The third-order valence-corrected chi connectivity index (χ3v) is 4.46. The monoisotopic (exact) mass is 333 g/mol. The molecule has 0 fully saturated rings. The van der Waals surface area contributed by atoms with Gasteiger partial charge in [0.25, 0.3) is 0 Å². The van der Waals surface area contributed by atoms with Crippen molar-refractivity contribution >= 4 is 21.7 Å². The minimum absolute atomic E-state index is 0.00333. The number of hydrogen-bond acceptors (Lipinski definition) is 4. The normalized spacial score (nSPS) is 11.0. The first kappa shape index (κ1) is 17.0. The number of sulfonamides is 1. The Kier molecular flexibility index (Phi) is 5.76. The summed E-state index contributed by atoms with van der Waals surface area (Å²) in [5, 5.41) is 0. The number of rotatable bonds is 7. The lowest BCUT2D eigenvalue weighted by Gasteiger charge is -2.09. The number of nitrogens with one attached hydrogen (secondary N) is 1. The van der Waals surface area contributed by atoms with Crippen molar-refractivity contribution in [2.24, 2.45) is 0 Å². The van der Waals surface area contributed by atoms with Gasteiger partial charge in [0.15, 0.2) is 0 Å². The maximum atomic E-state index is 12.1. The first-order valence-corrected chi connectivity index (χ1v) is 8.97. The second-order valence-electron chi connectivity index (χ2n) is 4.95. The summed E-state index contributed by atoms with van der Waals surface area (Å²) < 4.78 is 31.6. The highest BCUT2D eigenvalue weighted by Crippen LogP contribution is 2.13. The van der Waals surface area contributed by atoms with E-state index in [9.17, 15) is 13.2 Å². The molecule has 2 aromatic carbocycles. The summed E-state index contributed by atoms with van der Waals surface area (Å²) >= 11 is 0. The van der Waals surface area contributed by atoms with Gasteiger partial charge in [-0.15, -0.1) is 0 Å². The molecule has 0 aromatic heterocycles. The summed E-state index contributed by atoms with van der Waals surface area (Å²) in [6.45, 7) is 2.03. The SMILES string of the molecule is CCOC(=O)c1ccc(NS(=O)(=O)CCc2ccccc2)cc1. The van der Waals surface area contributed by atoms with E-state index in [4.69, 9.17) is 4.74 Å². The highest BCUT2D eigenvalue weighted by atomic mass is 32.2. The molecule has 122 valence electrons. The molecule has 0 aliphatic rings. The molecule has 2 aromatic rings. The first-order valence-electron chi connectivity index (χ1n) is 7.32. The molecule has 0 saturated heterocycles. The zero-order chi connectivity index (χ0) is 16.7. The lowest BCUT2D eigenvalue weighted by atomic mass is 10.2. The van der Waals surface area contributed by atoms with Crippen LogP contribution in [0.1, 0.15) is 22.8 Å². The van der Waals surface area contributed by atoms with Crippen molar-refractivity contribution in [3.05, 3.63) is 65.7 Å². The second-order valence-corrected chi connectivity index (χ2v) is 6.80. The van der Waals surface area contributed by atoms with Crippen LogP contribution in [0.15, 0.2) is 54.6 Å². The summed E-state index contributed by atoms with van der Waals surface area (Å²) in [6.07, 6.45) is 0.442. The van der Waals surface area contributed by atoms with Crippen LogP contribution >= 0.6 is 0 Å². The fourth-order valence-corrected chi connectivity index (χ4v) is 3.12. The lowest BCUT2D eigenvalue weighted by molar-refractivity contribution is 0.0526. The van der Waals surface area contributed by atoms with Crippen LogP contribution < -0.4 is 4.72 Å². The van der Waals surface area contributed by atoms with E-state index in [0.717, 1.165) is 5.56 Å². The quantitative estimate of drug-likeness (QED) is 0.791. The third-order valence-electron chi connectivity index (χ3n) is 3.17. The third kappa shape index (κ3) is 5.41. The molecule has 6 heteroatoms. The summed E-state index contributed by atoms with van der Waals surface area (Å²) in [6, 6.07) is 15.6. The highest BCUT2D eigenvalue weighted by Gasteiger charge is 2.12. The minimum atomic E-state index is -3.44. The molecule has 0 radical (unpaired) electrons. The molecule has 23 heavy (non-hydrogen) atoms. The molecule has 1 N–H and O–H groups in total. The Balaban J connectivity index is 1.96. The van der Waals surface area contributed by atoms with Gasteiger partial charge in [0.1, 0.15) is 0 Å². The summed E-state index contributed by atoms with van der Waals surface area (Å²) in [5.41, 5.74) is 1.78. The topological polar surface area (TPSA) is 72.5 Å². The van der Waals surface area contributed by atoms with Crippen LogP contribution in [0.4, 0.5) is 5.69 Å². The van der Waals surface area contributed by atoms with Gasteiger partial charge in [-0.2, -0.15) is 0 Å². The Morgan fingerprint density at radius 3 is 2.30 bits per heavy atom. The molecule has 0 unspecified atom stereocenters. The Labute approximate surface area is 136 Å². The van der Waals surface area contributed by atoms with Crippen LogP contribution in [0, 0.1) is 0 Å². The molecular weight excluding hydrogens is 314 g/mol. The fourth-order valence-electron chi connectivity index (χ4n) is 2.02. The summed E-state index contributed by atoms with van der Waals surface area (Å²) in [7, 11) is -3.44. The van der Waals surface area contributed by atoms with Crippen molar-refractivity contribution < 1.29 is 17.9 Å². The zero-order valence-electron chi connectivity index (χ0n) is 12.9. The van der Waals surface area contributed by atoms with E-state index >= 15 is 0 Å². The predicted octanol–water partition coefficient (Wildman–Crippen LogP) is 2.85. The molecule has 0 atom stereocenters. The Hall–Kier alpha value is -2.34. The van der Waals surface area contributed by atoms with Crippen LogP contribution in [-0.2, 0) is 21.2 Å². The summed E-state index contributed by atoms with van der Waals surface area (Å²) in [4.78, 5) is 11.5. The van der Waals surface area contributed by atoms with Gasteiger partial charge >= 0.3 is 5.97 Å². The standard InChI is InChI=1S/C17H19NO4S/c1-2-22-17(19)15-8-10-16(11-9-15)18-23(20,21)13-12-14-6-4-3-5-7-14/h3-11,18H,2,12-13H2,1H3. The molecule has 0 aliphatic heterocycles. The smallest absolute Gasteiger partial charge is 0.338 e. The number of hydrogen-bond donors (Lipinski definition) is 1. The van der Waals surface area contributed by atoms with Crippen molar-refractivity contribution in [2.45, 2.75) is 13.3 Å². The Morgan fingerprint density at radius 2 is 1.70 bits per heavy atom. The fraction of sp³-hybridized carbons (Fsp3) is 0.235.